The molecule has 1 fully saturated rings. The highest BCUT2D eigenvalue weighted by Crippen LogP contribution is 2.36. The zero-order valence-electron chi connectivity index (χ0n) is 10.3. The smallest absolute Gasteiger partial charge is 0.398 e. The molecular formula is C10H15BF2N2O2. The molecule has 7 heteroatoms. The fraction of sp³-hybridized carbons (Fsp3) is 0.700. The van der Waals surface area contributed by atoms with Gasteiger partial charge in [0.1, 0.15) is 0 Å². The van der Waals surface area contributed by atoms with Gasteiger partial charge in [0.25, 0.3) is 6.43 Å². The summed E-state index contributed by atoms with van der Waals surface area (Å²) < 4.78 is 36.2. The van der Waals surface area contributed by atoms with Gasteiger partial charge in [-0.2, -0.15) is 0 Å². The molecule has 0 saturated carbocycles. The predicted octanol–water partition coefficient (Wildman–Crippen LogP) is 1.65. The summed E-state index contributed by atoms with van der Waals surface area (Å²) in [7, 11) is -0.681. The zero-order chi connectivity index (χ0) is 12.8. The molecule has 0 atom stereocenters. The Morgan fingerprint density at radius 2 is 1.76 bits per heavy atom. The first-order valence-electron chi connectivity index (χ1n) is 5.41. The minimum Gasteiger partial charge on any atom is -0.398 e. The van der Waals surface area contributed by atoms with Crippen LogP contribution in [-0.2, 0) is 9.31 Å². The Morgan fingerprint density at radius 3 is 2.18 bits per heavy atom. The topological polar surface area (TPSA) is 47.1 Å². The summed E-state index contributed by atoms with van der Waals surface area (Å²) in [6, 6.07) is 0. The number of H-pyrrole nitrogens is 1. The summed E-state index contributed by atoms with van der Waals surface area (Å²) in [4.78, 5) is 6.11. The van der Waals surface area contributed by atoms with E-state index in [4.69, 9.17) is 9.31 Å². The van der Waals surface area contributed by atoms with Crippen molar-refractivity contribution in [3.8, 4) is 0 Å². The van der Waals surface area contributed by atoms with Crippen LogP contribution in [0.4, 0.5) is 8.78 Å². The van der Waals surface area contributed by atoms with Crippen molar-refractivity contribution < 1.29 is 18.1 Å². The fourth-order valence-electron chi connectivity index (χ4n) is 1.55. The van der Waals surface area contributed by atoms with Crippen molar-refractivity contribution in [3.63, 3.8) is 0 Å². The van der Waals surface area contributed by atoms with Crippen molar-refractivity contribution in [1.82, 2.24) is 9.97 Å². The SMILES string of the molecule is CC1(C)OB(c2cnc(C(F)F)[nH]2)OC1(C)C. The van der Waals surface area contributed by atoms with Gasteiger partial charge in [-0.15, -0.1) is 0 Å². The third-order valence-corrected chi connectivity index (χ3v) is 3.33. The molecule has 4 nitrogen and oxygen atoms in total. The minimum atomic E-state index is -2.62. The number of halogens is 2. The Labute approximate surface area is 98.9 Å². The van der Waals surface area contributed by atoms with Crippen molar-refractivity contribution in [3.05, 3.63) is 12.0 Å². The fourth-order valence-corrected chi connectivity index (χ4v) is 1.55. The number of imidazole rings is 1. The summed E-state index contributed by atoms with van der Waals surface area (Å²) in [6.07, 6.45) is -1.30. The van der Waals surface area contributed by atoms with Gasteiger partial charge in [0.15, 0.2) is 5.82 Å². The molecule has 1 saturated heterocycles. The van der Waals surface area contributed by atoms with E-state index >= 15 is 0 Å². The van der Waals surface area contributed by atoms with Gasteiger partial charge in [-0.1, -0.05) is 0 Å². The Bertz CT molecular complexity index is 404. The molecule has 0 amide bonds. The number of alkyl halides is 2. The number of aromatic nitrogens is 2. The highest BCUT2D eigenvalue weighted by molar-refractivity contribution is 6.61. The summed E-state index contributed by atoms with van der Waals surface area (Å²) in [5.41, 5.74) is -0.569. The average molecular weight is 244 g/mol. The Balaban J connectivity index is 2.20. The average Bonchev–Trinajstić information content (AvgIpc) is 2.70. The lowest BCUT2D eigenvalue weighted by Crippen LogP contribution is -2.41. The van der Waals surface area contributed by atoms with Crippen LogP contribution in [0.25, 0.3) is 0 Å². The van der Waals surface area contributed by atoms with E-state index in [1.807, 2.05) is 27.7 Å². The third-order valence-electron chi connectivity index (χ3n) is 3.33. The molecule has 2 heterocycles. The van der Waals surface area contributed by atoms with Gasteiger partial charge >= 0.3 is 7.12 Å². The number of rotatable bonds is 2. The maximum Gasteiger partial charge on any atom is 0.513 e. The van der Waals surface area contributed by atoms with Gasteiger partial charge in [0.2, 0.25) is 0 Å². The number of nitrogens with one attached hydrogen (secondary N) is 1. The van der Waals surface area contributed by atoms with E-state index < -0.39 is 24.7 Å². The minimum absolute atomic E-state index is 0.366. The molecule has 1 aromatic rings. The summed E-state index contributed by atoms with van der Waals surface area (Å²) >= 11 is 0. The third kappa shape index (κ3) is 2.09. The van der Waals surface area contributed by atoms with Gasteiger partial charge < -0.3 is 14.3 Å². The Hall–Kier alpha value is -0.945. The molecule has 2 rings (SSSR count). The van der Waals surface area contributed by atoms with E-state index in [9.17, 15) is 8.78 Å². The highest BCUT2D eigenvalue weighted by atomic mass is 19.3. The standard InChI is InChI=1S/C10H15BF2N2O2/c1-9(2)10(3,4)17-11(16-9)6-5-14-8(15-6)7(12)13/h5,7H,1-4H3,(H,14,15). The van der Waals surface area contributed by atoms with Crippen molar-refractivity contribution >= 4 is 12.7 Å². The number of hydrogen-bond donors (Lipinski definition) is 1. The van der Waals surface area contributed by atoms with Gasteiger partial charge in [-0.05, 0) is 27.7 Å². The monoisotopic (exact) mass is 244 g/mol. The molecule has 0 aliphatic carbocycles. The van der Waals surface area contributed by atoms with Gasteiger partial charge in [0, 0.05) is 6.20 Å². The lowest BCUT2D eigenvalue weighted by atomic mass is 9.86. The number of hydrogen-bond acceptors (Lipinski definition) is 3. The second-order valence-electron chi connectivity index (χ2n) is 5.11. The van der Waals surface area contributed by atoms with Crippen LogP contribution in [0.5, 0.6) is 0 Å². The first-order chi connectivity index (χ1) is 7.73. The van der Waals surface area contributed by atoms with Crippen LogP contribution >= 0.6 is 0 Å². The van der Waals surface area contributed by atoms with Crippen LogP contribution in [-0.4, -0.2) is 28.3 Å². The predicted molar refractivity (Wildman–Crippen MR) is 59.3 cm³/mol. The van der Waals surface area contributed by atoms with Crippen LogP contribution in [0.3, 0.4) is 0 Å². The zero-order valence-corrected chi connectivity index (χ0v) is 10.3. The first-order valence-corrected chi connectivity index (χ1v) is 5.41. The molecule has 94 valence electrons. The molecule has 0 bridgehead atoms. The van der Waals surface area contributed by atoms with E-state index in [2.05, 4.69) is 9.97 Å². The largest absolute Gasteiger partial charge is 0.513 e. The maximum absolute atomic E-state index is 12.4. The van der Waals surface area contributed by atoms with Crippen LogP contribution < -0.4 is 5.59 Å². The van der Waals surface area contributed by atoms with E-state index in [1.54, 1.807) is 0 Å². The van der Waals surface area contributed by atoms with Crippen molar-refractivity contribution in [2.45, 2.75) is 45.3 Å². The van der Waals surface area contributed by atoms with Crippen LogP contribution in [0.1, 0.15) is 39.9 Å². The molecule has 0 spiro atoms. The molecule has 1 aromatic heterocycles. The first kappa shape index (κ1) is 12.5. The second kappa shape index (κ2) is 3.78. The van der Waals surface area contributed by atoms with Crippen molar-refractivity contribution in [1.29, 1.82) is 0 Å². The van der Waals surface area contributed by atoms with E-state index in [1.165, 1.54) is 6.20 Å². The quantitative estimate of drug-likeness (QED) is 0.804. The molecular weight excluding hydrogens is 229 g/mol. The van der Waals surface area contributed by atoms with Crippen molar-refractivity contribution in [2.24, 2.45) is 0 Å². The van der Waals surface area contributed by atoms with Crippen LogP contribution in [0, 0.1) is 0 Å². The van der Waals surface area contributed by atoms with Gasteiger partial charge in [-0.25, -0.2) is 13.8 Å². The molecule has 0 unspecified atom stereocenters. The molecule has 1 N–H and O–H groups in total. The highest BCUT2D eigenvalue weighted by Gasteiger charge is 2.52. The van der Waals surface area contributed by atoms with Crippen LogP contribution in [0.15, 0.2) is 6.20 Å². The van der Waals surface area contributed by atoms with E-state index in [0.29, 0.717) is 5.59 Å². The van der Waals surface area contributed by atoms with Gasteiger partial charge in [-0.3, -0.25) is 0 Å². The van der Waals surface area contributed by atoms with E-state index in [-0.39, 0.29) is 5.82 Å². The number of nitrogens with zero attached hydrogens (tertiary/aromatic N) is 1. The maximum atomic E-state index is 12.4. The molecule has 0 aromatic carbocycles. The molecule has 1 aliphatic rings. The lowest BCUT2D eigenvalue weighted by molar-refractivity contribution is 0.00578. The van der Waals surface area contributed by atoms with Gasteiger partial charge in [0.05, 0.1) is 16.8 Å². The molecule has 1 aliphatic heterocycles. The number of aromatic amines is 1. The summed E-state index contributed by atoms with van der Waals surface area (Å²) in [5.74, 6) is -0.366. The summed E-state index contributed by atoms with van der Waals surface area (Å²) in [5, 5.41) is 0. The van der Waals surface area contributed by atoms with Crippen LogP contribution in [0.2, 0.25) is 0 Å². The Kier molecular flexibility index (Phi) is 2.78. The van der Waals surface area contributed by atoms with Crippen molar-refractivity contribution in [2.75, 3.05) is 0 Å². The Morgan fingerprint density at radius 1 is 1.24 bits per heavy atom. The molecule has 0 radical (unpaired) electrons. The normalized spacial score (nSPS) is 22.4. The van der Waals surface area contributed by atoms with E-state index in [0.717, 1.165) is 0 Å². The summed E-state index contributed by atoms with van der Waals surface area (Å²) in [6.45, 7) is 7.60. The lowest BCUT2D eigenvalue weighted by Gasteiger charge is -2.32. The second-order valence-corrected chi connectivity index (χ2v) is 5.11. The molecule has 17 heavy (non-hydrogen) atoms.